The van der Waals surface area contributed by atoms with Gasteiger partial charge < -0.3 is 15.1 Å². The molecule has 0 aliphatic carbocycles. The number of carbonyl (C=O) groups is 1. The first-order valence-corrected chi connectivity index (χ1v) is 9.14. The number of hydrogen-bond donors (Lipinski definition) is 1. The van der Waals surface area contributed by atoms with Crippen LogP contribution in [0.4, 0.5) is 0 Å². The standard InChI is InChI=1S/C16H28BrN5O.HI/c1-13(17)12-19-16(18-3)22-10-8-20(9-11-22)14(2)15(23)21-6-4-5-7-21;/h14H,1,4-12H2,2-3H3,(H,18,19);1H. The van der Waals surface area contributed by atoms with Crippen molar-refractivity contribution in [3.63, 3.8) is 0 Å². The van der Waals surface area contributed by atoms with Gasteiger partial charge in [-0.3, -0.25) is 14.7 Å². The van der Waals surface area contributed by atoms with Gasteiger partial charge in [0.2, 0.25) is 5.91 Å². The van der Waals surface area contributed by atoms with E-state index in [9.17, 15) is 4.79 Å². The number of rotatable bonds is 4. The lowest BCUT2D eigenvalue weighted by Crippen LogP contribution is -2.57. The molecule has 0 saturated carbocycles. The summed E-state index contributed by atoms with van der Waals surface area (Å²) in [6.07, 6.45) is 2.29. The van der Waals surface area contributed by atoms with Crippen molar-refractivity contribution < 1.29 is 4.79 Å². The van der Waals surface area contributed by atoms with E-state index >= 15 is 0 Å². The van der Waals surface area contributed by atoms with Gasteiger partial charge in [0.1, 0.15) is 0 Å². The molecule has 2 fully saturated rings. The predicted molar refractivity (Wildman–Crippen MR) is 113 cm³/mol. The molecule has 2 rings (SSSR count). The Kier molecular flexibility index (Phi) is 9.58. The molecule has 0 spiro atoms. The van der Waals surface area contributed by atoms with E-state index < -0.39 is 0 Å². The molecule has 8 heteroatoms. The maximum atomic E-state index is 12.5. The van der Waals surface area contributed by atoms with Crippen LogP contribution in [0.15, 0.2) is 16.1 Å². The zero-order valence-corrected chi connectivity index (χ0v) is 18.5. The van der Waals surface area contributed by atoms with Crippen molar-refractivity contribution in [2.24, 2.45) is 4.99 Å². The molecule has 0 aromatic carbocycles. The summed E-state index contributed by atoms with van der Waals surface area (Å²) in [6.45, 7) is 11.9. The largest absolute Gasteiger partial charge is 0.352 e. The number of likely N-dealkylation sites (tertiary alicyclic amines) is 1. The van der Waals surface area contributed by atoms with Crippen molar-refractivity contribution in [2.75, 3.05) is 52.9 Å². The van der Waals surface area contributed by atoms with Crippen LogP contribution < -0.4 is 5.32 Å². The molecule has 1 unspecified atom stereocenters. The van der Waals surface area contributed by atoms with E-state index in [1.54, 1.807) is 7.05 Å². The Hall–Kier alpha value is -0.350. The lowest BCUT2D eigenvalue weighted by atomic mass is 10.2. The molecule has 2 aliphatic heterocycles. The minimum absolute atomic E-state index is 0. The molecule has 6 nitrogen and oxygen atoms in total. The molecular weight excluding hydrogens is 485 g/mol. The van der Waals surface area contributed by atoms with Crippen molar-refractivity contribution in [1.29, 1.82) is 0 Å². The van der Waals surface area contributed by atoms with Crippen LogP contribution in [0.3, 0.4) is 0 Å². The number of nitrogens with zero attached hydrogens (tertiary/aromatic N) is 4. The van der Waals surface area contributed by atoms with Crippen LogP contribution in [0, 0.1) is 0 Å². The maximum Gasteiger partial charge on any atom is 0.239 e. The van der Waals surface area contributed by atoms with E-state index in [0.29, 0.717) is 6.54 Å². The molecule has 24 heavy (non-hydrogen) atoms. The zero-order valence-electron chi connectivity index (χ0n) is 14.6. The summed E-state index contributed by atoms with van der Waals surface area (Å²) in [5.74, 6) is 1.18. The molecule has 0 bridgehead atoms. The summed E-state index contributed by atoms with van der Waals surface area (Å²) in [7, 11) is 1.80. The minimum atomic E-state index is -0.0208. The summed E-state index contributed by atoms with van der Waals surface area (Å²) in [5, 5.41) is 3.29. The molecule has 1 N–H and O–H groups in total. The Morgan fingerprint density at radius 3 is 2.25 bits per heavy atom. The van der Waals surface area contributed by atoms with Crippen LogP contribution in [-0.2, 0) is 4.79 Å². The van der Waals surface area contributed by atoms with Crippen molar-refractivity contribution in [3.05, 3.63) is 11.1 Å². The Morgan fingerprint density at radius 2 is 1.75 bits per heavy atom. The summed E-state index contributed by atoms with van der Waals surface area (Å²) in [4.78, 5) is 23.4. The van der Waals surface area contributed by atoms with Gasteiger partial charge in [0, 0.05) is 57.3 Å². The second-order valence-electron chi connectivity index (χ2n) is 6.15. The fraction of sp³-hybridized carbons (Fsp3) is 0.750. The summed E-state index contributed by atoms with van der Waals surface area (Å²) in [6, 6.07) is -0.0208. The van der Waals surface area contributed by atoms with E-state index in [-0.39, 0.29) is 35.9 Å². The van der Waals surface area contributed by atoms with Gasteiger partial charge in [-0.05, 0) is 19.8 Å². The number of guanidine groups is 1. The SMILES string of the molecule is C=C(Br)CNC(=NC)N1CCN(C(C)C(=O)N2CCCC2)CC1.I. The smallest absolute Gasteiger partial charge is 0.239 e. The molecule has 2 aliphatic rings. The number of amides is 1. The highest BCUT2D eigenvalue weighted by atomic mass is 127. The summed E-state index contributed by atoms with van der Waals surface area (Å²) >= 11 is 3.35. The number of carbonyl (C=O) groups excluding carboxylic acids is 1. The predicted octanol–water partition coefficient (Wildman–Crippen LogP) is 1.72. The van der Waals surface area contributed by atoms with Gasteiger partial charge in [0.25, 0.3) is 0 Å². The van der Waals surface area contributed by atoms with Gasteiger partial charge in [0.05, 0.1) is 6.04 Å². The number of aliphatic imine (C=N–C) groups is 1. The third-order valence-electron chi connectivity index (χ3n) is 4.59. The second-order valence-corrected chi connectivity index (χ2v) is 7.27. The van der Waals surface area contributed by atoms with Crippen molar-refractivity contribution in [2.45, 2.75) is 25.8 Å². The Morgan fingerprint density at radius 1 is 1.17 bits per heavy atom. The van der Waals surface area contributed by atoms with E-state index in [1.807, 2.05) is 11.8 Å². The maximum absolute atomic E-state index is 12.5. The first-order chi connectivity index (χ1) is 11.0. The average molecular weight is 514 g/mol. The third-order valence-corrected chi connectivity index (χ3v) is 4.87. The van der Waals surface area contributed by atoms with Gasteiger partial charge in [-0.15, -0.1) is 24.0 Å². The number of hydrogen-bond acceptors (Lipinski definition) is 3. The third kappa shape index (κ3) is 5.87. The highest BCUT2D eigenvalue weighted by Crippen LogP contribution is 2.14. The zero-order chi connectivity index (χ0) is 16.8. The average Bonchev–Trinajstić information content (AvgIpc) is 3.09. The number of piperazine rings is 1. The summed E-state index contributed by atoms with van der Waals surface area (Å²) in [5.41, 5.74) is 0. The van der Waals surface area contributed by atoms with Crippen LogP contribution in [0.5, 0.6) is 0 Å². The normalized spacial score (nSPS) is 20.5. The van der Waals surface area contributed by atoms with E-state index in [1.165, 1.54) is 0 Å². The van der Waals surface area contributed by atoms with E-state index in [4.69, 9.17) is 0 Å². The fourth-order valence-corrected chi connectivity index (χ4v) is 3.33. The van der Waals surface area contributed by atoms with Crippen molar-refractivity contribution in [1.82, 2.24) is 20.0 Å². The quantitative estimate of drug-likeness (QED) is 0.353. The van der Waals surface area contributed by atoms with Crippen LogP contribution in [0.2, 0.25) is 0 Å². The lowest BCUT2D eigenvalue weighted by molar-refractivity contribution is -0.135. The second kappa shape index (κ2) is 10.6. The molecule has 2 saturated heterocycles. The van der Waals surface area contributed by atoms with Crippen molar-refractivity contribution >= 4 is 51.8 Å². The molecule has 0 aromatic rings. The van der Waals surface area contributed by atoms with Crippen LogP contribution in [-0.4, -0.2) is 85.5 Å². The van der Waals surface area contributed by atoms with Gasteiger partial charge in [0.15, 0.2) is 5.96 Å². The van der Waals surface area contributed by atoms with Crippen LogP contribution >= 0.6 is 39.9 Å². The molecule has 138 valence electrons. The molecular formula is C16H29BrIN5O. The van der Waals surface area contributed by atoms with Gasteiger partial charge in [-0.1, -0.05) is 22.5 Å². The highest BCUT2D eigenvalue weighted by molar-refractivity contribution is 14.0. The van der Waals surface area contributed by atoms with Gasteiger partial charge >= 0.3 is 0 Å². The Balaban J connectivity index is 0.00000288. The first kappa shape index (κ1) is 21.7. The number of nitrogens with one attached hydrogen (secondary N) is 1. The van der Waals surface area contributed by atoms with E-state index in [0.717, 1.165) is 62.6 Å². The van der Waals surface area contributed by atoms with Crippen LogP contribution in [0.25, 0.3) is 0 Å². The lowest BCUT2D eigenvalue weighted by Gasteiger charge is -2.39. The summed E-state index contributed by atoms with van der Waals surface area (Å²) < 4.78 is 0.905. The first-order valence-electron chi connectivity index (χ1n) is 8.34. The Labute approximate surface area is 170 Å². The molecule has 2 heterocycles. The highest BCUT2D eigenvalue weighted by Gasteiger charge is 2.30. The molecule has 1 atom stereocenters. The van der Waals surface area contributed by atoms with Gasteiger partial charge in [-0.25, -0.2) is 0 Å². The minimum Gasteiger partial charge on any atom is -0.352 e. The molecule has 0 radical (unpaired) electrons. The molecule has 0 aromatic heterocycles. The monoisotopic (exact) mass is 513 g/mol. The van der Waals surface area contributed by atoms with Crippen LogP contribution in [0.1, 0.15) is 19.8 Å². The Bertz CT molecular complexity index is 459. The fourth-order valence-electron chi connectivity index (χ4n) is 3.19. The van der Waals surface area contributed by atoms with Crippen molar-refractivity contribution in [3.8, 4) is 0 Å². The van der Waals surface area contributed by atoms with E-state index in [2.05, 4.69) is 42.6 Å². The van der Waals surface area contributed by atoms with Gasteiger partial charge in [-0.2, -0.15) is 0 Å². The topological polar surface area (TPSA) is 51.2 Å². The molecule has 1 amide bonds. The number of halogens is 2.